The van der Waals surface area contributed by atoms with Gasteiger partial charge in [0.15, 0.2) is 0 Å². The van der Waals surface area contributed by atoms with E-state index in [1.807, 2.05) is 0 Å². The lowest BCUT2D eigenvalue weighted by molar-refractivity contribution is -0.188. The van der Waals surface area contributed by atoms with E-state index in [1.165, 1.54) is 7.11 Å². The molecule has 0 saturated heterocycles. The van der Waals surface area contributed by atoms with Gasteiger partial charge in [-0.05, 0) is 12.8 Å². The SMILES string of the molecule is COCC(CNC1CC1)OCC(F)(F)F. The molecule has 1 rings (SSSR count). The van der Waals surface area contributed by atoms with Crippen LogP contribution in [0.25, 0.3) is 0 Å². The van der Waals surface area contributed by atoms with Crippen molar-refractivity contribution in [3.05, 3.63) is 0 Å². The van der Waals surface area contributed by atoms with Crippen molar-refractivity contribution in [1.29, 1.82) is 0 Å². The third-order valence-electron chi connectivity index (χ3n) is 2.05. The maximum absolute atomic E-state index is 11.9. The Morgan fingerprint density at radius 2 is 2.07 bits per heavy atom. The molecule has 3 nitrogen and oxygen atoms in total. The van der Waals surface area contributed by atoms with E-state index in [0.717, 1.165) is 12.8 Å². The summed E-state index contributed by atoms with van der Waals surface area (Å²) < 4.78 is 45.1. The topological polar surface area (TPSA) is 30.5 Å². The van der Waals surface area contributed by atoms with E-state index in [9.17, 15) is 13.2 Å². The molecule has 1 unspecified atom stereocenters. The monoisotopic (exact) mass is 227 g/mol. The van der Waals surface area contributed by atoms with Crippen molar-refractivity contribution >= 4 is 0 Å². The molecule has 0 radical (unpaired) electrons. The molecule has 0 aromatic carbocycles. The largest absolute Gasteiger partial charge is 0.411 e. The molecular formula is C9H16F3NO2. The highest BCUT2D eigenvalue weighted by Crippen LogP contribution is 2.19. The van der Waals surface area contributed by atoms with Crippen LogP contribution in [0.3, 0.4) is 0 Å². The lowest BCUT2D eigenvalue weighted by Gasteiger charge is -2.18. The highest BCUT2D eigenvalue weighted by Gasteiger charge is 2.30. The van der Waals surface area contributed by atoms with Crippen LogP contribution in [0.2, 0.25) is 0 Å². The Labute approximate surface area is 86.9 Å². The molecule has 0 aliphatic heterocycles. The van der Waals surface area contributed by atoms with Gasteiger partial charge in [-0.25, -0.2) is 0 Å². The molecular weight excluding hydrogens is 211 g/mol. The van der Waals surface area contributed by atoms with E-state index in [1.54, 1.807) is 0 Å². The van der Waals surface area contributed by atoms with E-state index in [-0.39, 0.29) is 6.61 Å². The van der Waals surface area contributed by atoms with Gasteiger partial charge in [0.25, 0.3) is 0 Å². The van der Waals surface area contributed by atoms with Gasteiger partial charge in [0.05, 0.1) is 12.7 Å². The molecule has 90 valence electrons. The normalized spacial score (nSPS) is 19.2. The number of hydrogen-bond donors (Lipinski definition) is 1. The van der Waals surface area contributed by atoms with E-state index >= 15 is 0 Å². The molecule has 0 spiro atoms. The number of rotatable bonds is 7. The number of ether oxygens (including phenoxy) is 2. The molecule has 0 aromatic heterocycles. The van der Waals surface area contributed by atoms with E-state index in [0.29, 0.717) is 12.6 Å². The molecule has 1 N–H and O–H groups in total. The first-order valence-electron chi connectivity index (χ1n) is 4.92. The first kappa shape index (κ1) is 12.7. The summed E-state index contributed by atoms with van der Waals surface area (Å²) in [4.78, 5) is 0. The quantitative estimate of drug-likeness (QED) is 0.711. The maximum Gasteiger partial charge on any atom is 0.411 e. The smallest absolute Gasteiger partial charge is 0.382 e. The number of halogens is 3. The second-order valence-electron chi connectivity index (χ2n) is 3.69. The van der Waals surface area contributed by atoms with Crippen LogP contribution in [0.5, 0.6) is 0 Å². The summed E-state index contributed by atoms with van der Waals surface area (Å²) in [6.07, 6.45) is -2.61. The summed E-state index contributed by atoms with van der Waals surface area (Å²) in [5, 5.41) is 3.11. The van der Waals surface area contributed by atoms with E-state index in [2.05, 4.69) is 5.32 Å². The maximum atomic E-state index is 11.9. The minimum absolute atomic E-state index is 0.176. The van der Waals surface area contributed by atoms with Gasteiger partial charge in [0.1, 0.15) is 6.61 Å². The fourth-order valence-corrected chi connectivity index (χ4v) is 1.15. The number of hydrogen-bond acceptors (Lipinski definition) is 3. The van der Waals surface area contributed by atoms with Crippen molar-refractivity contribution in [3.8, 4) is 0 Å². The van der Waals surface area contributed by atoms with Crippen LogP contribution in [-0.4, -0.2) is 45.2 Å². The predicted octanol–water partition coefficient (Wildman–Crippen LogP) is 1.33. The van der Waals surface area contributed by atoms with Gasteiger partial charge in [-0.2, -0.15) is 13.2 Å². The van der Waals surface area contributed by atoms with Gasteiger partial charge >= 0.3 is 6.18 Å². The van der Waals surface area contributed by atoms with Gasteiger partial charge in [-0.1, -0.05) is 0 Å². The Morgan fingerprint density at radius 3 is 2.53 bits per heavy atom. The Morgan fingerprint density at radius 1 is 1.40 bits per heavy atom. The van der Waals surface area contributed by atoms with Crippen LogP contribution in [0.4, 0.5) is 13.2 Å². The van der Waals surface area contributed by atoms with Gasteiger partial charge in [-0.15, -0.1) is 0 Å². The Kier molecular flexibility index (Phi) is 4.82. The number of nitrogens with one attached hydrogen (secondary N) is 1. The average Bonchev–Trinajstić information content (AvgIpc) is 2.92. The van der Waals surface area contributed by atoms with Gasteiger partial charge in [0.2, 0.25) is 0 Å². The summed E-state index contributed by atoms with van der Waals surface area (Å²) in [7, 11) is 1.45. The van der Waals surface area contributed by atoms with Crippen molar-refractivity contribution in [2.24, 2.45) is 0 Å². The standard InChI is InChI=1S/C9H16F3NO2/c1-14-5-8(4-13-7-2-3-7)15-6-9(10,11)12/h7-8,13H,2-6H2,1H3. The van der Waals surface area contributed by atoms with E-state index in [4.69, 9.17) is 9.47 Å². The zero-order valence-electron chi connectivity index (χ0n) is 8.64. The number of methoxy groups -OCH3 is 1. The van der Waals surface area contributed by atoms with Crippen LogP contribution < -0.4 is 5.32 Å². The molecule has 1 saturated carbocycles. The first-order valence-corrected chi connectivity index (χ1v) is 4.92. The molecule has 0 heterocycles. The van der Waals surface area contributed by atoms with Crippen LogP contribution in [0, 0.1) is 0 Å². The van der Waals surface area contributed by atoms with Crippen molar-refractivity contribution in [2.45, 2.75) is 31.2 Å². The van der Waals surface area contributed by atoms with Crippen LogP contribution in [0.15, 0.2) is 0 Å². The molecule has 6 heteroatoms. The summed E-state index contributed by atoms with van der Waals surface area (Å²) in [6, 6.07) is 0.457. The third kappa shape index (κ3) is 6.70. The number of alkyl halides is 3. The van der Waals surface area contributed by atoms with Crippen LogP contribution >= 0.6 is 0 Å². The predicted molar refractivity (Wildman–Crippen MR) is 48.7 cm³/mol. The van der Waals surface area contributed by atoms with Crippen molar-refractivity contribution in [3.63, 3.8) is 0 Å². The minimum Gasteiger partial charge on any atom is -0.382 e. The van der Waals surface area contributed by atoms with Crippen LogP contribution in [0.1, 0.15) is 12.8 Å². The zero-order valence-corrected chi connectivity index (χ0v) is 8.64. The average molecular weight is 227 g/mol. The lowest BCUT2D eigenvalue weighted by Crippen LogP contribution is -2.36. The molecule has 15 heavy (non-hydrogen) atoms. The van der Waals surface area contributed by atoms with Crippen molar-refractivity contribution in [1.82, 2.24) is 5.32 Å². The van der Waals surface area contributed by atoms with Gasteiger partial charge in [0, 0.05) is 19.7 Å². The summed E-state index contributed by atoms with van der Waals surface area (Å²) in [5.41, 5.74) is 0. The Balaban J connectivity index is 2.16. The third-order valence-corrected chi connectivity index (χ3v) is 2.05. The van der Waals surface area contributed by atoms with Crippen LogP contribution in [-0.2, 0) is 9.47 Å². The second kappa shape index (κ2) is 5.67. The Hall–Kier alpha value is -0.330. The Bertz CT molecular complexity index is 183. The molecule has 0 aromatic rings. The highest BCUT2D eigenvalue weighted by molar-refractivity contribution is 4.82. The molecule has 1 atom stereocenters. The summed E-state index contributed by atoms with van der Waals surface area (Å²) in [5.74, 6) is 0. The minimum atomic E-state index is -4.27. The van der Waals surface area contributed by atoms with Gasteiger partial charge < -0.3 is 14.8 Å². The summed E-state index contributed by atoms with van der Waals surface area (Å²) in [6.45, 7) is -0.627. The highest BCUT2D eigenvalue weighted by atomic mass is 19.4. The summed E-state index contributed by atoms with van der Waals surface area (Å²) >= 11 is 0. The molecule has 1 aliphatic carbocycles. The van der Waals surface area contributed by atoms with Crippen molar-refractivity contribution in [2.75, 3.05) is 26.9 Å². The fraction of sp³-hybridized carbons (Fsp3) is 1.00. The molecule has 1 aliphatic rings. The first-order chi connectivity index (χ1) is 7.01. The second-order valence-corrected chi connectivity index (χ2v) is 3.69. The van der Waals surface area contributed by atoms with E-state index < -0.39 is 18.9 Å². The molecule has 0 amide bonds. The lowest BCUT2D eigenvalue weighted by atomic mass is 10.3. The molecule has 0 bridgehead atoms. The fourth-order valence-electron chi connectivity index (χ4n) is 1.15. The van der Waals surface area contributed by atoms with Crippen molar-refractivity contribution < 1.29 is 22.6 Å². The zero-order chi connectivity index (χ0) is 11.3. The van der Waals surface area contributed by atoms with Gasteiger partial charge in [-0.3, -0.25) is 0 Å². The molecule has 1 fully saturated rings.